The van der Waals surface area contributed by atoms with E-state index in [4.69, 9.17) is 10.8 Å². The van der Waals surface area contributed by atoms with Gasteiger partial charge in [-0.25, -0.2) is 9.18 Å². The van der Waals surface area contributed by atoms with Crippen LogP contribution in [0.25, 0.3) is 0 Å². The Morgan fingerprint density at radius 2 is 1.95 bits per heavy atom. The van der Waals surface area contributed by atoms with Crippen molar-refractivity contribution in [3.63, 3.8) is 0 Å². The van der Waals surface area contributed by atoms with E-state index in [2.05, 4.69) is 10.6 Å². The summed E-state index contributed by atoms with van der Waals surface area (Å²) in [4.78, 5) is 22.8. The zero-order valence-corrected chi connectivity index (χ0v) is 12.3. The number of nitrogens with one attached hydrogen (secondary N) is 2. The van der Waals surface area contributed by atoms with Gasteiger partial charge in [0.15, 0.2) is 0 Å². The second-order valence-corrected chi connectivity index (χ2v) is 5.66. The molecular weight excluding hydrogens is 277 g/mol. The first-order valence-corrected chi connectivity index (χ1v) is 6.48. The summed E-state index contributed by atoms with van der Waals surface area (Å²) in [6, 6.07) is 2.37. The maximum absolute atomic E-state index is 13.3. The number of amides is 1. The van der Waals surface area contributed by atoms with Gasteiger partial charge in [0.2, 0.25) is 5.91 Å². The van der Waals surface area contributed by atoms with Crippen molar-refractivity contribution >= 4 is 23.3 Å². The zero-order valence-electron chi connectivity index (χ0n) is 12.3. The summed E-state index contributed by atoms with van der Waals surface area (Å²) in [5, 5.41) is 14.6. The summed E-state index contributed by atoms with van der Waals surface area (Å²) in [5.41, 5.74) is 4.53. The van der Waals surface area contributed by atoms with Gasteiger partial charge in [-0.15, -0.1) is 0 Å². The van der Waals surface area contributed by atoms with E-state index in [0.717, 1.165) is 6.07 Å². The number of anilines is 2. The lowest BCUT2D eigenvalue weighted by Gasteiger charge is -2.20. The van der Waals surface area contributed by atoms with Gasteiger partial charge < -0.3 is 21.5 Å². The molecule has 1 aromatic carbocycles. The van der Waals surface area contributed by atoms with Gasteiger partial charge in [0, 0.05) is 18.5 Å². The highest BCUT2D eigenvalue weighted by Gasteiger charge is 2.18. The van der Waals surface area contributed by atoms with Crippen molar-refractivity contribution in [3.8, 4) is 0 Å². The fourth-order valence-electron chi connectivity index (χ4n) is 1.76. The highest BCUT2D eigenvalue weighted by atomic mass is 19.1. The van der Waals surface area contributed by atoms with E-state index >= 15 is 0 Å². The molecule has 0 bridgehead atoms. The second kappa shape index (κ2) is 6.43. The third kappa shape index (κ3) is 4.94. The second-order valence-electron chi connectivity index (χ2n) is 5.66. The molecule has 0 radical (unpaired) electrons. The Hall–Kier alpha value is -2.31. The van der Waals surface area contributed by atoms with Crippen molar-refractivity contribution in [3.05, 3.63) is 23.5 Å². The average Bonchev–Trinajstić information content (AvgIpc) is 2.31. The Balaban J connectivity index is 2.71. The summed E-state index contributed by atoms with van der Waals surface area (Å²) in [5.74, 6) is -2.28. The molecule has 1 amide bonds. The van der Waals surface area contributed by atoms with E-state index in [9.17, 15) is 14.0 Å². The van der Waals surface area contributed by atoms with Gasteiger partial charge in [-0.3, -0.25) is 4.79 Å². The number of carbonyl (C=O) groups excluding carboxylic acids is 1. The smallest absolute Gasteiger partial charge is 0.340 e. The van der Waals surface area contributed by atoms with E-state index in [1.165, 1.54) is 6.07 Å². The Bertz CT molecular complexity index is 553. The summed E-state index contributed by atoms with van der Waals surface area (Å²) < 4.78 is 13.3. The van der Waals surface area contributed by atoms with Crippen molar-refractivity contribution in [2.45, 2.75) is 32.7 Å². The van der Waals surface area contributed by atoms with Crippen LogP contribution in [0, 0.1) is 5.82 Å². The van der Waals surface area contributed by atoms with E-state index in [-0.39, 0.29) is 35.7 Å². The van der Waals surface area contributed by atoms with Crippen LogP contribution in [0.1, 0.15) is 37.6 Å². The number of nitrogens with two attached hydrogens (primary N) is 1. The summed E-state index contributed by atoms with van der Waals surface area (Å²) in [6.45, 7) is 5.80. The predicted octanol–water partition coefficient (Wildman–Crippen LogP) is 1.82. The van der Waals surface area contributed by atoms with Crippen LogP contribution in [0.3, 0.4) is 0 Å². The molecule has 5 N–H and O–H groups in total. The predicted molar refractivity (Wildman–Crippen MR) is 78.8 cm³/mol. The molecule has 0 saturated heterocycles. The van der Waals surface area contributed by atoms with Crippen LogP contribution in [0.5, 0.6) is 0 Å². The number of carbonyl (C=O) groups is 2. The fourth-order valence-corrected chi connectivity index (χ4v) is 1.76. The summed E-state index contributed by atoms with van der Waals surface area (Å²) in [7, 11) is 0. The third-order valence-corrected chi connectivity index (χ3v) is 2.59. The topological polar surface area (TPSA) is 104 Å². The molecule has 0 saturated carbocycles. The highest BCUT2D eigenvalue weighted by molar-refractivity contribution is 6.00. The van der Waals surface area contributed by atoms with Crippen LogP contribution in [0.15, 0.2) is 12.1 Å². The van der Waals surface area contributed by atoms with Gasteiger partial charge in [0.1, 0.15) is 11.4 Å². The minimum absolute atomic E-state index is 0.160. The average molecular weight is 297 g/mol. The molecule has 21 heavy (non-hydrogen) atoms. The molecular formula is C14H20FN3O3. The van der Waals surface area contributed by atoms with Crippen molar-refractivity contribution in [1.82, 2.24) is 5.32 Å². The fraction of sp³-hybridized carbons (Fsp3) is 0.429. The van der Waals surface area contributed by atoms with Crippen LogP contribution in [-0.4, -0.2) is 29.1 Å². The highest BCUT2D eigenvalue weighted by Crippen LogP contribution is 2.25. The van der Waals surface area contributed by atoms with E-state index in [1.807, 2.05) is 20.8 Å². The molecule has 0 aliphatic carbocycles. The van der Waals surface area contributed by atoms with Gasteiger partial charge in [0.25, 0.3) is 0 Å². The molecule has 0 spiro atoms. The van der Waals surface area contributed by atoms with Crippen LogP contribution >= 0.6 is 0 Å². The van der Waals surface area contributed by atoms with Crippen LogP contribution < -0.4 is 16.4 Å². The first kappa shape index (κ1) is 16.7. The quantitative estimate of drug-likeness (QED) is 0.621. The monoisotopic (exact) mass is 297 g/mol. The van der Waals surface area contributed by atoms with Crippen molar-refractivity contribution < 1.29 is 19.1 Å². The number of hydrogen-bond acceptors (Lipinski definition) is 4. The maximum Gasteiger partial charge on any atom is 0.340 e. The molecule has 1 rings (SSSR count). The van der Waals surface area contributed by atoms with Crippen LogP contribution in [-0.2, 0) is 4.79 Å². The minimum atomic E-state index is -1.33. The Labute approximate surface area is 122 Å². The molecule has 116 valence electrons. The van der Waals surface area contributed by atoms with E-state index in [0.29, 0.717) is 0 Å². The maximum atomic E-state index is 13.3. The molecule has 6 nitrogen and oxygen atoms in total. The van der Waals surface area contributed by atoms with Crippen molar-refractivity contribution in [2.24, 2.45) is 0 Å². The third-order valence-electron chi connectivity index (χ3n) is 2.59. The number of nitrogen functional groups attached to an aromatic ring is 1. The first-order chi connectivity index (χ1) is 9.61. The number of rotatable bonds is 5. The largest absolute Gasteiger partial charge is 0.478 e. The normalized spacial score (nSPS) is 11.0. The molecule has 0 heterocycles. The SMILES string of the molecule is CC(C)(C)NC(=O)CCNc1ccc(F)c(N)c1C(=O)O. The Kier molecular flexibility index (Phi) is 5.12. The molecule has 0 aliphatic heterocycles. The van der Waals surface area contributed by atoms with Gasteiger partial charge >= 0.3 is 5.97 Å². The van der Waals surface area contributed by atoms with Crippen molar-refractivity contribution in [2.75, 3.05) is 17.6 Å². The van der Waals surface area contributed by atoms with Crippen LogP contribution in [0.4, 0.5) is 15.8 Å². The van der Waals surface area contributed by atoms with Gasteiger partial charge in [0.05, 0.1) is 11.4 Å². The van der Waals surface area contributed by atoms with E-state index < -0.39 is 17.5 Å². The number of carboxylic acid groups (broad SMARTS) is 1. The molecule has 1 aromatic rings. The van der Waals surface area contributed by atoms with Crippen LogP contribution in [0.2, 0.25) is 0 Å². The lowest BCUT2D eigenvalue weighted by atomic mass is 10.1. The lowest BCUT2D eigenvalue weighted by Crippen LogP contribution is -2.41. The number of aromatic carboxylic acids is 1. The van der Waals surface area contributed by atoms with Crippen molar-refractivity contribution in [1.29, 1.82) is 0 Å². The number of halogens is 1. The summed E-state index contributed by atoms with van der Waals surface area (Å²) >= 11 is 0. The standard InChI is InChI=1S/C14H20FN3O3/c1-14(2,3)18-10(19)6-7-17-9-5-4-8(15)12(16)11(9)13(20)21/h4-5,17H,6-7,16H2,1-3H3,(H,18,19)(H,20,21). The molecule has 0 aliphatic rings. The number of hydrogen-bond donors (Lipinski definition) is 4. The Morgan fingerprint density at radius 3 is 2.48 bits per heavy atom. The van der Waals surface area contributed by atoms with Gasteiger partial charge in [-0.2, -0.15) is 0 Å². The molecule has 0 unspecified atom stereocenters. The zero-order chi connectivity index (χ0) is 16.2. The van der Waals surface area contributed by atoms with E-state index in [1.54, 1.807) is 0 Å². The number of benzene rings is 1. The molecule has 7 heteroatoms. The molecule has 0 aromatic heterocycles. The lowest BCUT2D eigenvalue weighted by molar-refractivity contribution is -0.122. The number of carboxylic acids is 1. The molecule has 0 fully saturated rings. The Morgan fingerprint density at radius 1 is 1.33 bits per heavy atom. The first-order valence-electron chi connectivity index (χ1n) is 6.48. The molecule has 0 atom stereocenters. The minimum Gasteiger partial charge on any atom is -0.478 e. The summed E-state index contributed by atoms with van der Waals surface area (Å²) in [6.07, 6.45) is 0.160. The van der Waals surface area contributed by atoms with Gasteiger partial charge in [-0.1, -0.05) is 0 Å². The van der Waals surface area contributed by atoms with Gasteiger partial charge in [-0.05, 0) is 32.9 Å².